The van der Waals surface area contributed by atoms with E-state index in [0.717, 1.165) is 5.56 Å². The summed E-state index contributed by atoms with van der Waals surface area (Å²) in [5.41, 5.74) is 2.77. The lowest BCUT2D eigenvalue weighted by molar-refractivity contribution is -0.201. The summed E-state index contributed by atoms with van der Waals surface area (Å²) in [4.78, 5) is 50.0. The van der Waals surface area contributed by atoms with E-state index < -0.39 is 30.0 Å². The van der Waals surface area contributed by atoms with Crippen molar-refractivity contribution in [2.24, 2.45) is 0 Å². The number of carbonyl (C=O) groups excluding carboxylic acids is 4. The van der Waals surface area contributed by atoms with E-state index in [1.54, 1.807) is 42.2 Å². The molecule has 41 heavy (non-hydrogen) atoms. The van der Waals surface area contributed by atoms with E-state index >= 15 is 0 Å². The highest BCUT2D eigenvalue weighted by Crippen LogP contribution is 2.32. The van der Waals surface area contributed by atoms with Crippen LogP contribution in [0, 0.1) is 5.41 Å². The average molecular weight is 576 g/mol. The summed E-state index contributed by atoms with van der Waals surface area (Å²) in [6, 6.07) is 8.16. The van der Waals surface area contributed by atoms with Gasteiger partial charge in [0.2, 0.25) is 0 Å². The number of amidine groups is 1. The van der Waals surface area contributed by atoms with Crippen LogP contribution >= 0.6 is 0 Å². The van der Waals surface area contributed by atoms with Crippen molar-refractivity contribution in [1.29, 1.82) is 5.41 Å². The number of amides is 1. The van der Waals surface area contributed by atoms with E-state index in [-0.39, 0.29) is 37.0 Å². The fourth-order valence-corrected chi connectivity index (χ4v) is 4.53. The fourth-order valence-electron chi connectivity index (χ4n) is 4.53. The van der Waals surface area contributed by atoms with Gasteiger partial charge in [0.05, 0.1) is 25.1 Å². The van der Waals surface area contributed by atoms with Crippen LogP contribution in [0.1, 0.15) is 77.1 Å². The van der Waals surface area contributed by atoms with Gasteiger partial charge in [0.15, 0.2) is 5.78 Å². The van der Waals surface area contributed by atoms with Crippen molar-refractivity contribution in [3.05, 3.63) is 63.7 Å². The first-order valence-corrected chi connectivity index (χ1v) is 12.9. The number of nitrogens with zero attached hydrogens (tertiary/aromatic N) is 1. The number of alkyl halides is 3. The number of benzene rings is 2. The van der Waals surface area contributed by atoms with Crippen LogP contribution < -0.4 is 10.1 Å². The van der Waals surface area contributed by atoms with Crippen molar-refractivity contribution < 1.29 is 41.8 Å². The van der Waals surface area contributed by atoms with E-state index in [2.05, 4.69) is 10.1 Å². The second kappa shape index (κ2) is 12.1. The molecule has 2 N–H and O–H groups in total. The number of hydrogen-bond donors (Lipinski definition) is 2. The largest absolute Gasteiger partial charge is 0.493 e. The van der Waals surface area contributed by atoms with Gasteiger partial charge in [-0.05, 0) is 53.6 Å². The Morgan fingerprint density at radius 3 is 2.34 bits per heavy atom. The fraction of sp³-hybridized carbons (Fsp3) is 0.414. The van der Waals surface area contributed by atoms with Gasteiger partial charge in [0.1, 0.15) is 11.6 Å². The van der Waals surface area contributed by atoms with Crippen molar-refractivity contribution in [3.63, 3.8) is 0 Å². The molecule has 0 saturated carbocycles. The van der Waals surface area contributed by atoms with Crippen LogP contribution in [0.15, 0.2) is 30.3 Å². The number of rotatable bonds is 9. The molecule has 0 fully saturated rings. The molecule has 220 valence electrons. The highest BCUT2D eigenvalue weighted by molar-refractivity contribution is 6.07. The Morgan fingerprint density at radius 2 is 1.76 bits per heavy atom. The summed E-state index contributed by atoms with van der Waals surface area (Å²) in [5.74, 6) is -4.00. The zero-order chi connectivity index (χ0) is 30.7. The number of nitrogens with one attached hydrogen (secondary N) is 2. The Bertz CT molecular complexity index is 1400. The number of Topliss-reactive ketones (excluding diaryl/α,β-unsaturated/α-hetero) is 1. The van der Waals surface area contributed by atoms with Crippen molar-refractivity contribution in [1.82, 2.24) is 10.2 Å². The molecule has 12 heteroatoms. The van der Waals surface area contributed by atoms with Gasteiger partial charge >= 0.3 is 18.1 Å². The van der Waals surface area contributed by atoms with E-state index in [1.165, 1.54) is 7.05 Å². The van der Waals surface area contributed by atoms with Gasteiger partial charge in [-0.2, -0.15) is 13.2 Å². The predicted octanol–water partition coefficient (Wildman–Crippen LogP) is 4.33. The van der Waals surface area contributed by atoms with Gasteiger partial charge in [-0.25, -0.2) is 4.79 Å². The van der Waals surface area contributed by atoms with Crippen molar-refractivity contribution >= 4 is 29.5 Å². The number of fused-ring (bicyclic) bond motifs is 1. The molecule has 2 aromatic rings. The molecule has 2 aromatic carbocycles. The van der Waals surface area contributed by atoms with Crippen molar-refractivity contribution in [2.45, 2.75) is 58.7 Å². The third-order valence-electron chi connectivity index (χ3n) is 6.52. The number of carbonyl (C=O) groups is 4. The molecule has 0 radical (unpaired) electrons. The van der Waals surface area contributed by atoms with Crippen LogP contribution in [0.3, 0.4) is 0 Å². The maximum Gasteiger partial charge on any atom is 0.491 e. The Morgan fingerprint density at radius 1 is 1.07 bits per heavy atom. The quantitative estimate of drug-likeness (QED) is 0.259. The van der Waals surface area contributed by atoms with Gasteiger partial charge in [-0.15, -0.1) is 0 Å². The molecule has 1 heterocycles. The van der Waals surface area contributed by atoms with Gasteiger partial charge in [0, 0.05) is 24.7 Å². The minimum Gasteiger partial charge on any atom is -0.493 e. The highest BCUT2D eigenvalue weighted by Gasteiger charge is 2.42. The second-order valence-corrected chi connectivity index (χ2v) is 10.5. The third-order valence-corrected chi connectivity index (χ3v) is 6.52. The minimum absolute atomic E-state index is 0.00690. The summed E-state index contributed by atoms with van der Waals surface area (Å²) >= 11 is 0. The summed E-state index contributed by atoms with van der Waals surface area (Å²) < 4.78 is 46.6. The molecule has 0 atom stereocenters. The average Bonchev–Trinajstić information content (AvgIpc) is 3.19. The lowest BCUT2D eigenvalue weighted by Gasteiger charge is -2.24. The van der Waals surface area contributed by atoms with Gasteiger partial charge in [-0.1, -0.05) is 32.9 Å². The Kier molecular flexibility index (Phi) is 9.25. The Balaban J connectivity index is 1.78. The Hall–Kier alpha value is -4.22. The molecule has 1 amide bonds. The maximum atomic E-state index is 13.3. The Labute approximate surface area is 235 Å². The molecule has 9 nitrogen and oxygen atoms in total. The number of halogens is 3. The summed E-state index contributed by atoms with van der Waals surface area (Å²) in [6.07, 6.45) is -5.71. The molecular weight excluding hydrogens is 543 g/mol. The van der Waals surface area contributed by atoms with E-state index in [1.807, 2.05) is 20.8 Å². The predicted molar refractivity (Wildman–Crippen MR) is 143 cm³/mol. The zero-order valence-corrected chi connectivity index (χ0v) is 23.5. The normalized spacial score (nSPS) is 13.1. The van der Waals surface area contributed by atoms with Crippen LogP contribution in [-0.2, 0) is 32.7 Å². The molecule has 3 rings (SSSR count). The standard InChI is InChI=1S/C29H32F3N3O6/c1-6-40-23-12-18-14-35(25(33)19(18)13-20(23)26(38)34-5)15-22(36)17-8-7-16(21(11-17)28(2,3)4)9-10-24(37)41-27(39)29(30,31)32/h7-8,11-13,33H,6,9-10,14-15H2,1-5H3,(H,34,38). The van der Waals surface area contributed by atoms with Gasteiger partial charge in [-0.3, -0.25) is 19.8 Å². The molecule has 1 aliphatic heterocycles. The summed E-state index contributed by atoms with van der Waals surface area (Å²) in [6.45, 7) is 7.97. The molecule has 1 aliphatic rings. The van der Waals surface area contributed by atoms with Gasteiger partial charge in [0.25, 0.3) is 5.91 Å². The van der Waals surface area contributed by atoms with Crippen molar-refractivity contribution in [2.75, 3.05) is 20.2 Å². The maximum absolute atomic E-state index is 13.3. The first kappa shape index (κ1) is 31.3. The van der Waals surface area contributed by atoms with Crippen LogP contribution in [0.4, 0.5) is 13.2 Å². The number of aryl methyl sites for hydroxylation is 1. The number of esters is 2. The van der Waals surface area contributed by atoms with Crippen LogP contribution in [0.2, 0.25) is 0 Å². The molecule has 0 bridgehead atoms. The van der Waals surface area contributed by atoms with E-state index in [9.17, 15) is 32.3 Å². The van der Waals surface area contributed by atoms with Crippen LogP contribution in [0.25, 0.3) is 0 Å². The smallest absolute Gasteiger partial charge is 0.491 e. The van der Waals surface area contributed by atoms with Gasteiger partial charge < -0.3 is 19.7 Å². The zero-order valence-electron chi connectivity index (χ0n) is 23.5. The molecule has 0 unspecified atom stereocenters. The third kappa shape index (κ3) is 7.30. The topological polar surface area (TPSA) is 126 Å². The monoisotopic (exact) mass is 575 g/mol. The molecule has 0 saturated heterocycles. The van der Waals surface area contributed by atoms with Crippen molar-refractivity contribution in [3.8, 4) is 5.75 Å². The first-order chi connectivity index (χ1) is 19.1. The minimum atomic E-state index is -5.26. The lowest BCUT2D eigenvalue weighted by Crippen LogP contribution is -2.30. The van der Waals surface area contributed by atoms with Crippen LogP contribution in [0.5, 0.6) is 5.75 Å². The highest BCUT2D eigenvalue weighted by atomic mass is 19.4. The molecule has 0 aromatic heterocycles. The second-order valence-electron chi connectivity index (χ2n) is 10.5. The lowest BCUT2D eigenvalue weighted by atomic mass is 9.81. The summed E-state index contributed by atoms with van der Waals surface area (Å²) in [7, 11) is 1.50. The van der Waals surface area contributed by atoms with Crippen LogP contribution in [-0.4, -0.2) is 60.7 Å². The molecular formula is C29H32F3N3O6. The van der Waals surface area contributed by atoms with E-state index in [0.29, 0.717) is 40.2 Å². The number of ketones is 1. The molecule has 0 spiro atoms. The van der Waals surface area contributed by atoms with E-state index in [4.69, 9.17) is 10.1 Å². The molecule has 0 aliphatic carbocycles. The first-order valence-electron chi connectivity index (χ1n) is 12.9. The summed E-state index contributed by atoms with van der Waals surface area (Å²) in [5, 5.41) is 11.2. The number of hydrogen-bond acceptors (Lipinski definition) is 7. The number of ether oxygens (including phenoxy) is 2. The SMILES string of the molecule is CCOc1cc2c(cc1C(=O)NC)C(=N)N(CC(=O)c1ccc(CCC(=O)OC(=O)C(F)(F)F)c(C(C)(C)C)c1)C2.